The van der Waals surface area contributed by atoms with Gasteiger partial charge in [0.15, 0.2) is 0 Å². The Morgan fingerprint density at radius 2 is 1.25 bits per heavy atom. The molecule has 4 aromatic rings. The lowest BCUT2D eigenvalue weighted by molar-refractivity contribution is 0.839. The van der Waals surface area contributed by atoms with E-state index in [2.05, 4.69) is 121 Å². The van der Waals surface area contributed by atoms with Crippen LogP contribution in [-0.2, 0) is 5.41 Å². The molecule has 0 bridgehead atoms. The molecular weight excluding hydrogens is 452 g/mol. The van der Waals surface area contributed by atoms with Crippen molar-refractivity contribution in [2.24, 2.45) is 0 Å². The fourth-order valence-electron chi connectivity index (χ4n) is 6.11. The highest BCUT2D eigenvalue weighted by Crippen LogP contribution is 2.65. The molecule has 156 valence electrons. The summed E-state index contributed by atoms with van der Waals surface area (Å²) in [4.78, 5) is 0. The summed E-state index contributed by atoms with van der Waals surface area (Å²) < 4.78 is 1.13. The van der Waals surface area contributed by atoms with Gasteiger partial charge in [-0.15, -0.1) is 0 Å². The second-order valence-corrected chi connectivity index (χ2v) is 9.87. The van der Waals surface area contributed by atoms with E-state index in [1.807, 2.05) is 0 Å². The van der Waals surface area contributed by atoms with Gasteiger partial charge in [0.05, 0.1) is 5.41 Å². The van der Waals surface area contributed by atoms with Gasteiger partial charge in [-0.05, 0) is 81.1 Å². The molecule has 0 N–H and O–H groups in total. The molecule has 0 fully saturated rings. The highest BCUT2D eigenvalue weighted by atomic mass is 79.9. The maximum absolute atomic E-state index is 3.80. The summed E-state index contributed by atoms with van der Waals surface area (Å²) in [5.41, 5.74) is 13.7. The number of allylic oxidation sites excluding steroid dienone is 2. The van der Waals surface area contributed by atoms with Crippen molar-refractivity contribution in [2.75, 3.05) is 0 Å². The number of aryl methyl sites for hydroxylation is 1. The Morgan fingerprint density at radius 1 is 0.656 bits per heavy atom. The van der Waals surface area contributed by atoms with Crippen molar-refractivity contribution in [3.05, 3.63) is 129 Å². The highest BCUT2D eigenvalue weighted by Gasteiger charge is 2.53. The van der Waals surface area contributed by atoms with Crippen molar-refractivity contribution in [1.82, 2.24) is 0 Å². The molecule has 0 amide bonds. The molecule has 1 atom stereocenters. The molecule has 1 unspecified atom stereocenters. The Hall–Kier alpha value is -2.90. The molecule has 0 nitrogen and oxygen atoms in total. The van der Waals surface area contributed by atoms with Crippen molar-refractivity contribution in [3.8, 4) is 11.1 Å². The zero-order valence-corrected chi connectivity index (χ0v) is 20.0. The van der Waals surface area contributed by atoms with Crippen molar-refractivity contribution in [1.29, 1.82) is 0 Å². The van der Waals surface area contributed by atoms with Crippen LogP contribution < -0.4 is 0 Å². The number of hydrogen-bond acceptors (Lipinski definition) is 0. The lowest BCUT2D eigenvalue weighted by Gasteiger charge is -2.34. The molecule has 0 saturated heterocycles. The summed E-state index contributed by atoms with van der Waals surface area (Å²) >= 11 is 3.80. The number of rotatable bonds is 3. The standard InChI is InChI=1S/C31H25Br/c1-3-10-26-24-14-7-9-16-28(24)31(30(26)22-12-5-4-11-20(22)2)27-15-8-6-13-23(27)25-18-17-21(32)19-29(25)31/h4-9,11-19H,3,10H2,1-2H3. The van der Waals surface area contributed by atoms with Gasteiger partial charge in [-0.2, -0.15) is 0 Å². The predicted molar refractivity (Wildman–Crippen MR) is 139 cm³/mol. The van der Waals surface area contributed by atoms with E-state index in [-0.39, 0.29) is 5.41 Å². The second-order valence-electron chi connectivity index (χ2n) is 8.95. The molecule has 6 rings (SSSR count). The lowest BCUT2D eigenvalue weighted by atomic mass is 9.67. The third-order valence-corrected chi connectivity index (χ3v) is 7.75. The third-order valence-electron chi connectivity index (χ3n) is 7.25. The third kappa shape index (κ3) is 2.49. The molecule has 2 aliphatic carbocycles. The molecular formula is C31H25Br. The molecule has 2 aliphatic rings. The number of hydrogen-bond donors (Lipinski definition) is 0. The first-order valence-corrected chi connectivity index (χ1v) is 12.3. The first-order chi connectivity index (χ1) is 15.7. The van der Waals surface area contributed by atoms with Crippen molar-refractivity contribution >= 4 is 27.1 Å². The van der Waals surface area contributed by atoms with Crippen molar-refractivity contribution in [2.45, 2.75) is 32.1 Å². The van der Waals surface area contributed by atoms with Gasteiger partial charge in [-0.1, -0.05) is 108 Å². The molecule has 32 heavy (non-hydrogen) atoms. The average Bonchev–Trinajstić information content (AvgIpc) is 3.26. The van der Waals surface area contributed by atoms with Crippen LogP contribution in [0.4, 0.5) is 0 Å². The Kier molecular flexibility index (Phi) is 4.52. The summed E-state index contributed by atoms with van der Waals surface area (Å²) in [6, 6.07) is 33.9. The first kappa shape index (κ1) is 19.8. The van der Waals surface area contributed by atoms with Gasteiger partial charge in [0.1, 0.15) is 0 Å². The van der Waals surface area contributed by atoms with E-state index in [0.29, 0.717) is 0 Å². The summed E-state index contributed by atoms with van der Waals surface area (Å²) in [6.45, 7) is 4.55. The maximum atomic E-state index is 3.80. The van der Waals surface area contributed by atoms with Crippen LogP contribution in [0.1, 0.15) is 53.1 Å². The van der Waals surface area contributed by atoms with Crippen LogP contribution in [0.2, 0.25) is 0 Å². The minimum atomic E-state index is -0.289. The summed E-state index contributed by atoms with van der Waals surface area (Å²) in [5.74, 6) is 0. The highest BCUT2D eigenvalue weighted by molar-refractivity contribution is 9.10. The first-order valence-electron chi connectivity index (χ1n) is 11.5. The van der Waals surface area contributed by atoms with Gasteiger partial charge in [0.25, 0.3) is 0 Å². The molecule has 0 heterocycles. The van der Waals surface area contributed by atoms with E-state index < -0.39 is 0 Å². The largest absolute Gasteiger partial charge is 0.0728 e. The topological polar surface area (TPSA) is 0 Å². The van der Waals surface area contributed by atoms with Gasteiger partial charge < -0.3 is 0 Å². The van der Waals surface area contributed by atoms with E-state index in [1.165, 1.54) is 55.7 Å². The van der Waals surface area contributed by atoms with Crippen LogP contribution in [0.25, 0.3) is 22.3 Å². The normalized spacial score (nSPS) is 18.1. The van der Waals surface area contributed by atoms with Gasteiger partial charge in [0.2, 0.25) is 0 Å². The zero-order valence-electron chi connectivity index (χ0n) is 18.5. The smallest absolute Gasteiger partial charge is 0.0651 e. The van der Waals surface area contributed by atoms with Gasteiger partial charge in [-0.3, -0.25) is 0 Å². The quantitative estimate of drug-likeness (QED) is 0.277. The molecule has 1 spiro atoms. The summed E-state index contributed by atoms with van der Waals surface area (Å²) in [6.07, 6.45) is 2.20. The van der Waals surface area contributed by atoms with E-state index in [1.54, 1.807) is 0 Å². The second kappa shape index (κ2) is 7.32. The summed E-state index contributed by atoms with van der Waals surface area (Å²) in [5, 5.41) is 0. The van der Waals surface area contributed by atoms with E-state index >= 15 is 0 Å². The Morgan fingerprint density at radius 3 is 1.97 bits per heavy atom. The Balaban J connectivity index is 1.85. The van der Waals surface area contributed by atoms with E-state index in [0.717, 1.165) is 17.3 Å². The van der Waals surface area contributed by atoms with Crippen LogP contribution >= 0.6 is 15.9 Å². The zero-order chi connectivity index (χ0) is 21.9. The monoisotopic (exact) mass is 476 g/mol. The minimum absolute atomic E-state index is 0.289. The molecule has 0 aliphatic heterocycles. The van der Waals surface area contributed by atoms with Crippen molar-refractivity contribution in [3.63, 3.8) is 0 Å². The number of fused-ring (bicyclic) bond motifs is 7. The predicted octanol–water partition coefficient (Wildman–Crippen LogP) is 8.80. The average molecular weight is 477 g/mol. The van der Waals surface area contributed by atoms with Gasteiger partial charge in [-0.25, -0.2) is 0 Å². The Bertz CT molecular complexity index is 1410. The van der Waals surface area contributed by atoms with Crippen LogP contribution in [0.3, 0.4) is 0 Å². The van der Waals surface area contributed by atoms with Crippen LogP contribution in [0.15, 0.2) is 95.5 Å². The molecule has 0 radical (unpaired) electrons. The lowest BCUT2D eigenvalue weighted by Crippen LogP contribution is -2.27. The minimum Gasteiger partial charge on any atom is -0.0651 e. The van der Waals surface area contributed by atoms with Crippen LogP contribution in [-0.4, -0.2) is 0 Å². The molecule has 1 heteroatoms. The number of halogens is 1. The number of benzene rings is 4. The fraction of sp³-hybridized carbons (Fsp3) is 0.161. The maximum Gasteiger partial charge on any atom is 0.0728 e. The van der Waals surface area contributed by atoms with Crippen LogP contribution in [0.5, 0.6) is 0 Å². The van der Waals surface area contributed by atoms with Crippen LogP contribution in [0, 0.1) is 6.92 Å². The molecule has 0 aromatic heterocycles. The van der Waals surface area contributed by atoms with Crippen molar-refractivity contribution < 1.29 is 0 Å². The van der Waals surface area contributed by atoms with E-state index in [9.17, 15) is 0 Å². The Labute approximate surface area is 198 Å². The van der Waals surface area contributed by atoms with Gasteiger partial charge in [0, 0.05) is 4.47 Å². The SMILES string of the molecule is CCCC1=C(c2ccccc2C)C2(c3ccccc31)c1ccccc1-c1ccc(Br)cc12. The molecule has 0 saturated carbocycles. The molecule has 4 aromatic carbocycles. The summed E-state index contributed by atoms with van der Waals surface area (Å²) in [7, 11) is 0. The van der Waals surface area contributed by atoms with Gasteiger partial charge >= 0.3 is 0 Å². The fourth-order valence-corrected chi connectivity index (χ4v) is 6.47. The van der Waals surface area contributed by atoms with E-state index in [4.69, 9.17) is 0 Å².